The second-order valence-electron chi connectivity index (χ2n) is 4.37. The fourth-order valence-electron chi connectivity index (χ4n) is 1.87. The molecule has 0 heterocycles. The Morgan fingerprint density at radius 3 is 2.60 bits per heavy atom. The Morgan fingerprint density at radius 1 is 1.45 bits per heavy atom. The molecule has 0 radical (unpaired) electrons. The van der Waals surface area contributed by atoms with Crippen LogP contribution in [0.2, 0.25) is 0 Å². The summed E-state index contributed by atoms with van der Waals surface area (Å²) in [5, 5.41) is 8.75. The van der Waals surface area contributed by atoms with E-state index in [1.807, 2.05) is 36.6 Å². The summed E-state index contributed by atoms with van der Waals surface area (Å²) in [7, 11) is 0. The van der Waals surface area contributed by atoms with Gasteiger partial charge in [-0.3, -0.25) is 4.79 Å². The van der Waals surface area contributed by atoms with Gasteiger partial charge >= 0.3 is 5.97 Å². The molecule has 0 bridgehead atoms. The summed E-state index contributed by atoms with van der Waals surface area (Å²) < 4.78 is 5.10. The van der Waals surface area contributed by atoms with Crippen LogP contribution in [-0.2, 0) is 16.0 Å². The molecule has 0 aliphatic carbocycles. The van der Waals surface area contributed by atoms with Crippen LogP contribution >= 0.6 is 11.8 Å². The summed E-state index contributed by atoms with van der Waals surface area (Å²) in [4.78, 5) is 13.2. The highest BCUT2D eigenvalue weighted by molar-refractivity contribution is 7.98. The standard InChI is InChI=1S/C16H19NO2S/c1-4-19-16(18)15(12(2)9-10-17)11-13-5-7-14(20-3)8-6-13/h5-9,15H,4,11H2,1-3H3. The topological polar surface area (TPSA) is 50.1 Å². The molecule has 3 nitrogen and oxygen atoms in total. The van der Waals surface area contributed by atoms with Gasteiger partial charge in [-0.25, -0.2) is 0 Å². The van der Waals surface area contributed by atoms with Crippen LogP contribution in [0.3, 0.4) is 0 Å². The van der Waals surface area contributed by atoms with Crippen molar-refractivity contribution >= 4 is 17.7 Å². The van der Waals surface area contributed by atoms with E-state index in [-0.39, 0.29) is 5.97 Å². The average Bonchev–Trinajstić information content (AvgIpc) is 2.45. The lowest BCUT2D eigenvalue weighted by molar-refractivity contribution is -0.146. The molecular weight excluding hydrogens is 270 g/mol. The lowest BCUT2D eigenvalue weighted by Crippen LogP contribution is -2.21. The van der Waals surface area contributed by atoms with Crippen LogP contribution in [-0.4, -0.2) is 18.8 Å². The van der Waals surface area contributed by atoms with Crippen molar-refractivity contribution in [3.63, 3.8) is 0 Å². The molecule has 1 rings (SSSR count). The molecule has 1 unspecified atom stereocenters. The van der Waals surface area contributed by atoms with Crippen LogP contribution in [0.1, 0.15) is 19.4 Å². The first-order chi connectivity index (χ1) is 9.62. The highest BCUT2D eigenvalue weighted by Crippen LogP contribution is 2.21. The first kappa shape index (κ1) is 16.3. The Bertz CT molecular complexity index is 514. The van der Waals surface area contributed by atoms with Crippen molar-refractivity contribution in [3.05, 3.63) is 41.5 Å². The molecule has 0 N–H and O–H groups in total. The van der Waals surface area contributed by atoms with Crippen molar-refractivity contribution in [2.24, 2.45) is 5.92 Å². The van der Waals surface area contributed by atoms with Gasteiger partial charge in [0.25, 0.3) is 0 Å². The number of carbonyl (C=O) groups is 1. The molecule has 106 valence electrons. The van der Waals surface area contributed by atoms with Crippen molar-refractivity contribution in [2.45, 2.75) is 25.2 Å². The lowest BCUT2D eigenvalue weighted by Gasteiger charge is -2.16. The number of hydrogen-bond donors (Lipinski definition) is 0. The second kappa shape index (κ2) is 8.44. The molecule has 0 amide bonds. The highest BCUT2D eigenvalue weighted by Gasteiger charge is 2.22. The van der Waals surface area contributed by atoms with Crippen LogP contribution in [0.25, 0.3) is 0 Å². The van der Waals surface area contributed by atoms with E-state index in [0.29, 0.717) is 13.0 Å². The van der Waals surface area contributed by atoms with Gasteiger partial charge in [-0.2, -0.15) is 5.26 Å². The summed E-state index contributed by atoms with van der Waals surface area (Å²) in [5.41, 5.74) is 1.80. The van der Waals surface area contributed by atoms with Crippen LogP contribution in [0.15, 0.2) is 40.8 Å². The predicted molar refractivity (Wildman–Crippen MR) is 81.4 cm³/mol. The first-order valence-corrected chi connectivity index (χ1v) is 7.70. The van der Waals surface area contributed by atoms with Crippen molar-refractivity contribution in [1.82, 2.24) is 0 Å². The molecule has 0 saturated carbocycles. The third kappa shape index (κ3) is 4.75. The van der Waals surface area contributed by atoms with Gasteiger partial charge in [0.05, 0.1) is 18.6 Å². The maximum Gasteiger partial charge on any atom is 0.313 e. The van der Waals surface area contributed by atoms with E-state index in [1.165, 1.54) is 11.0 Å². The molecule has 4 heteroatoms. The SMILES string of the molecule is CCOC(=O)C(Cc1ccc(SC)cc1)C(C)=CC#N. The fraction of sp³-hybridized carbons (Fsp3) is 0.375. The van der Waals surface area contributed by atoms with Gasteiger partial charge in [0, 0.05) is 11.0 Å². The minimum Gasteiger partial charge on any atom is -0.466 e. The zero-order valence-electron chi connectivity index (χ0n) is 12.1. The molecule has 0 spiro atoms. The van der Waals surface area contributed by atoms with E-state index in [1.54, 1.807) is 25.6 Å². The normalized spacial score (nSPS) is 12.6. The minimum atomic E-state index is -0.394. The van der Waals surface area contributed by atoms with Crippen molar-refractivity contribution in [1.29, 1.82) is 5.26 Å². The van der Waals surface area contributed by atoms with E-state index < -0.39 is 5.92 Å². The van der Waals surface area contributed by atoms with Crippen molar-refractivity contribution in [3.8, 4) is 6.07 Å². The quantitative estimate of drug-likeness (QED) is 0.456. The number of nitrogens with zero attached hydrogens (tertiary/aromatic N) is 1. The van der Waals surface area contributed by atoms with Gasteiger partial charge in [0.1, 0.15) is 0 Å². The zero-order chi connectivity index (χ0) is 15.0. The monoisotopic (exact) mass is 289 g/mol. The molecule has 0 aromatic heterocycles. The Balaban J connectivity index is 2.91. The number of carbonyl (C=O) groups excluding carboxylic acids is 1. The summed E-state index contributed by atoms with van der Waals surface area (Å²) in [6.07, 6.45) is 3.99. The van der Waals surface area contributed by atoms with Crippen LogP contribution < -0.4 is 0 Å². The summed E-state index contributed by atoms with van der Waals surface area (Å²) in [6, 6.07) is 10.1. The largest absolute Gasteiger partial charge is 0.466 e. The molecule has 20 heavy (non-hydrogen) atoms. The Labute approximate surface area is 124 Å². The molecular formula is C16H19NO2S. The molecule has 1 atom stereocenters. The third-order valence-corrected chi connectivity index (χ3v) is 3.76. The predicted octanol–water partition coefficient (Wildman–Crippen LogP) is 3.60. The Kier molecular flexibility index (Phi) is 6.89. The zero-order valence-corrected chi connectivity index (χ0v) is 12.9. The molecule has 1 aromatic carbocycles. The Morgan fingerprint density at radius 2 is 2.10 bits per heavy atom. The van der Waals surface area contributed by atoms with Crippen LogP contribution in [0.4, 0.5) is 0 Å². The maximum atomic E-state index is 12.0. The van der Waals surface area contributed by atoms with Gasteiger partial charge in [-0.15, -0.1) is 11.8 Å². The number of nitriles is 1. The summed E-state index contributed by atoms with van der Waals surface area (Å²) in [5.74, 6) is -0.667. The van der Waals surface area contributed by atoms with Gasteiger partial charge in [0.15, 0.2) is 0 Å². The average molecular weight is 289 g/mol. The van der Waals surface area contributed by atoms with Gasteiger partial charge in [0.2, 0.25) is 0 Å². The molecule has 0 aliphatic heterocycles. The lowest BCUT2D eigenvalue weighted by atomic mass is 9.92. The second-order valence-corrected chi connectivity index (χ2v) is 5.25. The smallest absolute Gasteiger partial charge is 0.313 e. The van der Waals surface area contributed by atoms with E-state index in [9.17, 15) is 4.79 Å². The van der Waals surface area contributed by atoms with Crippen molar-refractivity contribution in [2.75, 3.05) is 12.9 Å². The van der Waals surface area contributed by atoms with E-state index in [0.717, 1.165) is 11.1 Å². The highest BCUT2D eigenvalue weighted by atomic mass is 32.2. The number of thioether (sulfide) groups is 1. The van der Waals surface area contributed by atoms with Crippen molar-refractivity contribution < 1.29 is 9.53 Å². The van der Waals surface area contributed by atoms with Gasteiger partial charge in [-0.1, -0.05) is 12.1 Å². The van der Waals surface area contributed by atoms with E-state index in [2.05, 4.69) is 0 Å². The number of allylic oxidation sites excluding steroid dienone is 1. The number of rotatable bonds is 6. The molecule has 1 aromatic rings. The molecule has 0 aliphatic rings. The van der Waals surface area contributed by atoms with E-state index in [4.69, 9.17) is 10.00 Å². The van der Waals surface area contributed by atoms with E-state index >= 15 is 0 Å². The molecule has 0 saturated heterocycles. The van der Waals surface area contributed by atoms with Gasteiger partial charge < -0.3 is 4.74 Å². The molecule has 0 fully saturated rings. The van der Waals surface area contributed by atoms with Gasteiger partial charge in [-0.05, 0) is 49.8 Å². The van der Waals surface area contributed by atoms with Crippen LogP contribution in [0, 0.1) is 17.2 Å². The number of benzene rings is 1. The Hall–Kier alpha value is -1.73. The summed E-state index contributed by atoms with van der Waals surface area (Å²) >= 11 is 1.68. The number of esters is 1. The van der Waals surface area contributed by atoms with Crippen LogP contribution in [0.5, 0.6) is 0 Å². The third-order valence-electron chi connectivity index (χ3n) is 3.01. The number of ether oxygens (including phenoxy) is 1. The summed E-state index contributed by atoms with van der Waals surface area (Å²) in [6.45, 7) is 3.92. The minimum absolute atomic E-state index is 0.273. The first-order valence-electron chi connectivity index (χ1n) is 6.48. The number of hydrogen-bond acceptors (Lipinski definition) is 4. The fourth-order valence-corrected chi connectivity index (χ4v) is 2.28. The maximum absolute atomic E-state index is 12.0.